The van der Waals surface area contributed by atoms with E-state index in [1.165, 1.54) is 55.9 Å². The van der Waals surface area contributed by atoms with Crippen LogP contribution in [0.4, 0.5) is 5.69 Å². The molecule has 0 radical (unpaired) electrons. The van der Waals surface area contributed by atoms with Crippen LogP contribution in [0.5, 0.6) is 5.75 Å². The van der Waals surface area contributed by atoms with Gasteiger partial charge in [0.25, 0.3) is 5.91 Å². The summed E-state index contributed by atoms with van der Waals surface area (Å²) in [6, 6.07) is 12.1. The third-order valence-electron chi connectivity index (χ3n) is 8.20. The number of thioether (sulfide) groups is 1. The molecule has 0 aromatic heterocycles. The Morgan fingerprint density at radius 2 is 1.83 bits per heavy atom. The highest BCUT2D eigenvalue weighted by Gasteiger charge is 2.51. The van der Waals surface area contributed by atoms with Gasteiger partial charge in [0.2, 0.25) is 0 Å². The maximum absolute atomic E-state index is 13.4. The Kier molecular flexibility index (Phi) is 6.31. The summed E-state index contributed by atoms with van der Waals surface area (Å²) in [6.45, 7) is 2.57. The summed E-state index contributed by atoms with van der Waals surface area (Å²) in [6.07, 6.45) is 10.1. The first-order valence-electron chi connectivity index (χ1n) is 12.4. The smallest absolute Gasteiger partial charge is 0.270 e. The van der Waals surface area contributed by atoms with E-state index in [0.717, 1.165) is 33.5 Å². The fourth-order valence-corrected chi connectivity index (χ4v) is 8.91. The molecule has 4 bridgehead atoms. The fourth-order valence-electron chi connectivity index (χ4n) is 7.20. The minimum atomic E-state index is -0.124. The molecule has 5 fully saturated rings. The van der Waals surface area contributed by atoms with Gasteiger partial charge in [0.05, 0.1) is 22.2 Å². The van der Waals surface area contributed by atoms with Crippen LogP contribution in [0.25, 0.3) is 6.08 Å². The van der Waals surface area contributed by atoms with Crippen molar-refractivity contribution in [2.45, 2.75) is 50.9 Å². The van der Waals surface area contributed by atoms with E-state index in [2.05, 4.69) is 34.1 Å². The van der Waals surface area contributed by atoms with Gasteiger partial charge >= 0.3 is 0 Å². The Bertz CT molecular complexity index is 1220. The number of ether oxygens (including phenoxy) is 1. The van der Waals surface area contributed by atoms with Gasteiger partial charge in [-0.3, -0.25) is 9.69 Å². The molecule has 0 unspecified atom stereocenters. The van der Waals surface area contributed by atoms with Crippen molar-refractivity contribution in [2.75, 3.05) is 11.5 Å². The summed E-state index contributed by atoms with van der Waals surface area (Å²) in [5.41, 5.74) is 3.35. The average Bonchev–Trinajstić information content (AvgIpc) is 3.09. The third-order valence-corrected chi connectivity index (χ3v) is 10.7. The van der Waals surface area contributed by atoms with Crippen LogP contribution in [-0.4, -0.2) is 16.8 Å². The summed E-state index contributed by atoms with van der Waals surface area (Å²) in [5.74, 6) is 3.33. The molecule has 2 aromatic rings. The molecular weight excluding hydrogens is 562 g/mol. The molecule has 4 saturated carbocycles. The van der Waals surface area contributed by atoms with Crippen LogP contribution in [0, 0.1) is 17.8 Å². The maximum atomic E-state index is 13.4. The van der Waals surface area contributed by atoms with Gasteiger partial charge in [0, 0.05) is 10.0 Å². The van der Waals surface area contributed by atoms with Gasteiger partial charge < -0.3 is 4.74 Å². The van der Waals surface area contributed by atoms with Crippen molar-refractivity contribution in [3.63, 3.8) is 0 Å². The van der Waals surface area contributed by atoms with Crippen molar-refractivity contribution in [3.05, 3.63) is 61.9 Å². The van der Waals surface area contributed by atoms with Gasteiger partial charge in [0.15, 0.2) is 4.32 Å². The van der Waals surface area contributed by atoms with Crippen molar-refractivity contribution in [1.82, 2.24) is 0 Å². The second-order valence-corrected chi connectivity index (χ2v) is 13.4. The van der Waals surface area contributed by atoms with E-state index in [9.17, 15) is 4.79 Å². The molecule has 3 nitrogen and oxygen atoms in total. The molecule has 0 atom stereocenters. The van der Waals surface area contributed by atoms with Gasteiger partial charge in [-0.25, -0.2) is 0 Å². The van der Waals surface area contributed by atoms with Gasteiger partial charge in [-0.1, -0.05) is 41.6 Å². The monoisotopic (exact) mass is 587 g/mol. The zero-order valence-electron chi connectivity index (χ0n) is 19.6. The van der Waals surface area contributed by atoms with Crippen molar-refractivity contribution < 1.29 is 9.53 Å². The number of nitrogens with zero attached hydrogens (tertiary/aromatic N) is 1. The number of anilines is 1. The molecule has 1 amide bonds. The van der Waals surface area contributed by atoms with Crippen molar-refractivity contribution in [2.24, 2.45) is 17.8 Å². The first-order valence-corrected chi connectivity index (χ1v) is 14.7. The Balaban J connectivity index is 1.36. The summed E-state index contributed by atoms with van der Waals surface area (Å²) >= 11 is 16.6. The van der Waals surface area contributed by atoms with Gasteiger partial charge in [0.1, 0.15) is 5.75 Å². The van der Waals surface area contributed by atoms with Crippen molar-refractivity contribution in [1.29, 1.82) is 0 Å². The van der Waals surface area contributed by atoms with E-state index < -0.39 is 0 Å². The van der Waals surface area contributed by atoms with E-state index in [-0.39, 0.29) is 11.3 Å². The number of hydrogen-bond acceptors (Lipinski definition) is 4. The van der Waals surface area contributed by atoms with Gasteiger partial charge in [-0.15, -0.1) is 0 Å². The fraction of sp³-hybridized carbons (Fsp3) is 0.429. The van der Waals surface area contributed by atoms with Crippen LogP contribution >= 0.6 is 51.5 Å². The third kappa shape index (κ3) is 4.28. The lowest BCUT2D eigenvalue weighted by molar-refractivity contribution is -0.113. The van der Waals surface area contributed by atoms with E-state index in [1.54, 1.807) is 11.0 Å². The molecule has 4 aliphatic carbocycles. The highest BCUT2D eigenvalue weighted by atomic mass is 79.9. The van der Waals surface area contributed by atoms with Gasteiger partial charge in [-0.05, 0) is 127 Å². The number of benzene rings is 2. The van der Waals surface area contributed by atoms with Crippen LogP contribution in [0.2, 0.25) is 5.02 Å². The van der Waals surface area contributed by atoms with Crippen LogP contribution in [-0.2, 0) is 10.2 Å². The molecule has 7 rings (SSSR count). The van der Waals surface area contributed by atoms with Crippen molar-refractivity contribution in [3.8, 4) is 5.75 Å². The van der Waals surface area contributed by atoms with Crippen LogP contribution in [0.1, 0.15) is 56.6 Å². The van der Waals surface area contributed by atoms with Crippen LogP contribution < -0.4 is 9.64 Å². The van der Waals surface area contributed by atoms with E-state index in [1.807, 2.05) is 25.1 Å². The van der Waals surface area contributed by atoms with Crippen LogP contribution in [0.3, 0.4) is 0 Å². The highest BCUT2D eigenvalue weighted by molar-refractivity contribution is 9.10. The quantitative estimate of drug-likeness (QED) is 0.259. The summed E-state index contributed by atoms with van der Waals surface area (Å²) < 4.78 is 7.28. The topological polar surface area (TPSA) is 29.5 Å². The summed E-state index contributed by atoms with van der Waals surface area (Å²) in [4.78, 5) is 15.6. The summed E-state index contributed by atoms with van der Waals surface area (Å²) in [5, 5.41) is 0.544. The Morgan fingerprint density at radius 3 is 2.46 bits per heavy atom. The van der Waals surface area contributed by atoms with Crippen molar-refractivity contribution >= 4 is 73.5 Å². The highest BCUT2D eigenvalue weighted by Crippen LogP contribution is 2.61. The van der Waals surface area contributed by atoms with E-state index in [4.69, 9.17) is 28.6 Å². The second kappa shape index (κ2) is 9.20. The van der Waals surface area contributed by atoms with Crippen LogP contribution in [0.15, 0.2) is 45.8 Å². The first-order chi connectivity index (χ1) is 16.8. The lowest BCUT2D eigenvalue weighted by Crippen LogP contribution is -2.48. The number of thiocarbonyl (C=S) groups is 1. The largest absolute Gasteiger partial charge is 0.493 e. The number of halogens is 2. The lowest BCUT2D eigenvalue weighted by atomic mass is 9.48. The number of carbonyl (C=O) groups excluding carboxylic acids is 1. The zero-order valence-corrected chi connectivity index (χ0v) is 23.5. The predicted molar refractivity (Wildman–Crippen MR) is 152 cm³/mol. The number of amides is 1. The number of hydrogen-bond donors (Lipinski definition) is 0. The molecule has 0 spiro atoms. The molecule has 1 saturated heterocycles. The molecule has 7 heteroatoms. The molecule has 1 heterocycles. The Hall–Kier alpha value is -1.34. The minimum absolute atomic E-state index is 0.124. The normalized spacial score (nSPS) is 30.5. The molecule has 35 heavy (non-hydrogen) atoms. The Morgan fingerprint density at radius 1 is 1.14 bits per heavy atom. The predicted octanol–water partition coefficient (Wildman–Crippen LogP) is 8.37. The molecule has 5 aliphatic rings. The molecular formula is C28H27BrClNO2S2. The summed E-state index contributed by atoms with van der Waals surface area (Å²) in [7, 11) is 0. The standard InChI is InChI=1S/C28H27BrClNO2S2/c1-2-33-24-6-3-20(28-13-16-7-17(14-28)9-18(8-16)15-28)10-19(24)11-25-26(32)31(27(34)35-25)21-4-5-22(29)23(30)12-21/h3-6,10-12,16-18H,2,7-9,13-15H2,1H3/b25-11+. The zero-order chi connectivity index (χ0) is 24.3. The van der Waals surface area contributed by atoms with E-state index in [0.29, 0.717) is 26.5 Å². The SMILES string of the molecule is CCOc1ccc(C23CC4CC(CC(C4)C2)C3)cc1/C=C1/SC(=S)N(c2ccc(Br)c(Cl)c2)C1=O. The number of carbonyl (C=O) groups is 1. The first kappa shape index (κ1) is 24.0. The van der Waals surface area contributed by atoms with E-state index >= 15 is 0 Å². The lowest BCUT2D eigenvalue weighted by Gasteiger charge is -2.57. The number of rotatable bonds is 5. The second-order valence-electron chi connectivity index (χ2n) is 10.5. The molecule has 182 valence electrons. The van der Waals surface area contributed by atoms with Gasteiger partial charge in [-0.2, -0.15) is 0 Å². The maximum Gasteiger partial charge on any atom is 0.270 e. The Labute approximate surface area is 229 Å². The average molecular weight is 589 g/mol. The molecule has 2 aromatic carbocycles. The minimum Gasteiger partial charge on any atom is -0.493 e. The molecule has 1 aliphatic heterocycles. The molecule has 0 N–H and O–H groups in total.